The fourth-order valence-electron chi connectivity index (χ4n) is 1.82. The molecule has 1 aromatic carbocycles. The second-order valence-electron chi connectivity index (χ2n) is 4.70. The van der Waals surface area contributed by atoms with Crippen LogP contribution < -0.4 is 5.32 Å². The molecule has 0 aliphatic heterocycles. The standard InChI is InChI=1S/C14H18N2O2S2/c1-11(14-8-5-9-19-14)15-12-6-4-7-13(10-12)20(17,18)16(2)3/h4-11,15H,1-3H3. The lowest BCUT2D eigenvalue weighted by molar-refractivity contribution is 0.521. The summed E-state index contributed by atoms with van der Waals surface area (Å²) in [6.07, 6.45) is 0. The largest absolute Gasteiger partial charge is 0.378 e. The fourth-order valence-corrected chi connectivity index (χ4v) is 3.50. The molecular weight excluding hydrogens is 292 g/mol. The van der Waals surface area contributed by atoms with E-state index < -0.39 is 10.0 Å². The molecule has 0 aliphatic rings. The van der Waals surface area contributed by atoms with Gasteiger partial charge in [-0.3, -0.25) is 0 Å². The summed E-state index contributed by atoms with van der Waals surface area (Å²) in [4.78, 5) is 1.51. The first-order chi connectivity index (χ1) is 9.41. The molecule has 0 aliphatic carbocycles. The SMILES string of the molecule is CC(Nc1cccc(S(=O)(=O)N(C)C)c1)c1cccs1. The first kappa shape index (κ1) is 15.0. The quantitative estimate of drug-likeness (QED) is 0.923. The summed E-state index contributed by atoms with van der Waals surface area (Å²) in [5.41, 5.74) is 0.800. The van der Waals surface area contributed by atoms with Crippen LogP contribution >= 0.6 is 11.3 Å². The molecule has 1 aromatic heterocycles. The number of nitrogens with zero attached hydrogens (tertiary/aromatic N) is 1. The maximum absolute atomic E-state index is 12.1. The van der Waals surface area contributed by atoms with Crippen molar-refractivity contribution in [1.29, 1.82) is 0 Å². The molecule has 0 radical (unpaired) electrons. The van der Waals surface area contributed by atoms with Crippen molar-refractivity contribution in [3.8, 4) is 0 Å². The maximum Gasteiger partial charge on any atom is 0.242 e. The van der Waals surface area contributed by atoms with Gasteiger partial charge in [0.2, 0.25) is 10.0 Å². The van der Waals surface area contributed by atoms with Gasteiger partial charge in [-0.25, -0.2) is 12.7 Å². The predicted molar refractivity (Wildman–Crippen MR) is 83.7 cm³/mol. The Morgan fingerprint density at radius 1 is 1.20 bits per heavy atom. The molecule has 0 bridgehead atoms. The minimum atomic E-state index is -3.39. The van der Waals surface area contributed by atoms with Gasteiger partial charge < -0.3 is 5.32 Å². The highest BCUT2D eigenvalue weighted by atomic mass is 32.2. The van der Waals surface area contributed by atoms with Crippen LogP contribution in [0.1, 0.15) is 17.8 Å². The van der Waals surface area contributed by atoms with Gasteiger partial charge in [-0.1, -0.05) is 12.1 Å². The first-order valence-electron chi connectivity index (χ1n) is 6.24. The van der Waals surface area contributed by atoms with Crippen molar-refractivity contribution in [3.63, 3.8) is 0 Å². The molecule has 4 nitrogen and oxygen atoms in total. The van der Waals surface area contributed by atoms with Crippen LogP contribution in [0.25, 0.3) is 0 Å². The highest BCUT2D eigenvalue weighted by Gasteiger charge is 2.17. The van der Waals surface area contributed by atoms with E-state index in [-0.39, 0.29) is 6.04 Å². The smallest absolute Gasteiger partial charge is 0.242 e. The molecule has 0 fully saturated rings. The van der Waals surface area contributed by atoms with E-state index in [1.165, 1.54) is 23.3 Å². The van der Waals surface area contributed by atoms with E-state index >= 15 is 0 Å². The summed E-state index contributed by atoms with van der Waals surface area (Å²) >= 11 is 1.68. The molecule has 2 rings (SSSR count). The number of nitrogens with one attached hydrogen (secondary N) is 1. The van der Waals surface area contributed by atoms with Gasteiger partial charge in [0.25, 0.3) is 0 Å². The zero-order valence-electron chi connectivity index (χ0n) is 11.7. The van der Waals surface area contributed by atoms with E-state index in [0.717, 1.165) is 5.69 Å². The van der Waals surface area contributed by atoms with Crippen molar-refractivity contribution in [2.45, 2.75) is 17.9 Å². The predicted octanol–water partition coefficient (Wildman–Crippen LogP) is 3.17. The maximum atomic E-state index is 12.1. The molecule has 0 amide bonds. The lowest BCUT2D eigenvalue weighted by Gasteiger charge is -2.16. The average molecular weight is 310 g/mol. The van der Waals surface area contributed by atoms with Crippen LogP contribution in [-0.2, 0) is 10.0 Å². The van der Waals surface area contributed by atoms with Gasteiger partial charge in [0.1, 0.15) is 0 Å². The van der Waals surface area contributed by atoms with Crippen molar-refractivity contribution in [2.75, 3.05) is 19.4 Å². The zero-order chi connectivity index (χ0) is 14.8. The van der Waals surface area contributed by atoms with Crippen molar-refractivity contribution in [3.05, 3.63) is 46.7 Å². The molecule has 0 saturated heterocycles. The normalized spacial score (nSPS) is 13.4. The number of benzene rings is 1. The van der Waals surface area contributed by atoms with Gasteiger partial charge in [0, 0.05) is 24.7 Å². The molecule has 0 saturated carbocycles. The average Bonchev–Trinajstić information content (AvgIpc) is 2.92. The van der Waals surface area contributed by atoms with Crippen LogP contribution in [-0.4, -0.2) is 26.8 Å². The Morgan fingerprint density at radius 2 is 1.95 bits per heavy atom. The van der Waals surface area contributed by atoms with E-state index in [1.54, 1.807) is 29.5 Å². The first-order valence-corrected chi connectivity index (χ1v) is 8.56. The minimum Gasteiger partial charge on any atom is -0.378 e. The van der Waals surface area contributed by atoms with Crippen LogP contribution in [0.15, 0.2) is 46.7 Å². The van der Waals surface area contributed by atoms with Gasteiger partial charge >= 0.3 is 0 Å². The van der Waals surface area contributed by atoms with Gasteiger partial charge in [-0.05, 0) is 36.6 Å². The van der Waals surface area contributed by atoms with Gasteiger partial charge in [-0.15, -0.1) is 11.3 Å². The fraction of sp³-hybridized carbons (Fsp3) is 0.286. The third-order valence-corrected chi connectivity index (χ3v) is 5.83. The van der Waals surface area contributed by atoms with Crippen molar-refractivity contribution in [1.82, 2.24) is 4.31 Å². The lowest BCUT2D eigenvalue weighted by Crippen LogP contribution is -2.22. The molecule has 0 spiro atoms. The number of anilines is 1. The zero-order valence-corrected chi connectivity index (χ0v) is 13.3. The molecule has 1 N–H and O–H groups in total. The summed E-state index contributed by atoms with van der Waals surface area (Å²) in [6.45, 7) is 2.05. The summed E-state index contributed by atoms with van der Waals surface area (Å²) < 4.78 is 25.4. The molecule has 20 heavy (non-hydrogen) atoms. The molecule has 1 atom stereocenters. The molecule has 1 heterocycles. The summed E-state index contributed by atoms with van der Waals surface area (Å²) in [5.74, 6) is 0. The Balaban J connectivity index is 2.23. The van der Waals surface area contributed by atoms with E-state index in [9.17, 15) is 8.42 Å². The highest BCUT2D eigenvalue weighted by molar-refractivity contribution is 7.89. The van der Waals surface area contributed by atoms with Crippen molar-refractivity contribution < 1.29 is 8.42 Å². The summed E-state index contributed by atoms with van der Waals surface area (Å²) in [5, 5.41) is 5.35. The van der Waals surface area contributed by atoms with Gasteiger partial charge in [0.05, 0.1) is 10.9 Å². The van der Waals surface area contributed by atoms with E-state index in [2.05, 4.69) is 18.3 Å². The Labute approximate surface area is 124 Å². The molecular formula is C14H18N2O2S2. The van der Waals surface area contributed by atoms with E-state index in [0.29, 0.717) is 4.90 Å². The molecule has 108 valence electrons. The van der Waals surface area contributed by atoms with Crippen molar-refractivity contribution in [2.24, 2.45) is 0 Å². The van der Waals surface area contributed by atoms with Gasteiger partial charge in [0.15, 0.2) is 0 Å². The van der Waals surface area contributed by atoms with Crippen LogP contribution in [0.3, 0.4) is 0 Å². The second kappa shape index (κ2) is 5.95. The Kier molecular flexibility index (Phi) is 4.47. The second-order valence-corrected chi connectivity index (χ2v) is 7.83. The Hall–Kier alpha value is -1.37. The highest BCUT2D eigenvalue weighted by Crippen LogP contribution is 2.25. The lowest BCUT2D eigenvalue weighted by atomic mass is 10.2. The molecule has 6 heteroatoms. The van der Waals surface area contributed by atoms with E-state index in [1.807, 2.05) is 17.5 Å². The van der Waals surface area contributed by atoms with Crippen molar-refractivity contribution >= 4 is 27.0 Å². The summed E-state index contributed by atoms with van der Waals surface area (Å²) in [6, 6.07) is 11.1. The van der Waals surface area contributed by atoms with Crippen LogP contribution in [0, 0.1) is 0 Å². The Bertz CT molecular complexity index is 664. The number of hydrogen-bond donors (Lipinski definition) is 1. The Morgan fingerprint density at radius 3 is 2.55 bits per heavy atom. The monoisotopic (exact) mass is 310 g/mol. The molecule has 2 aromatic rings. The number of hydrogen-bond acceptors (Lipinski definition) is 4. The van der Waals surface area contributed by atoms with Gasteiger partial charge in [-0.2, -0.15) is 0 Å². The minimum absolute atomic E-state index is 0.146. The summed E-state index contributed by atoms with van der Waals surface area (Å²) in [7, 11) is -0.330. The topological polar surface area (TPSA) is 49.4 Å². The van der Waals surface area contributed by atoms with Crippen LogP contribution in [0.5, 0.6) is 0 Å². The number of sulfonamides is 1. The third kappa shape index (κ3) is 3.20. The number of rotatable bonds is 5. The molecule has 1 unspecified atom stereocenters. The number of thiophene rings is 1. The van der Waals surface area contributed by atoms with Crippen LogP contribution in [0.2, 0.25) is 0 Å². The van der Waals surface area contributed by atoms with Crippen LogP contribution in [0.4, 0.5) is 5.69 Å². The van der Waals surface area contributed by atoms with E-state index in [4.69, 9.17) is 0 Å². The third-order valence-electron chi connectivity index (χ3n) is 2.97.